The van der Waals surface area contributed by atoms with Gasteiger partial charge in [0.05, 0.1) is 21.2 Å². The van der Waals surface area contributed by atoms with Crippen LogP contribution in [0.15, 0.2) is 95.2 Å². The summed E-state index contributed by atoms with van der Waals surface area (Å²) in [5, 5.41) is 2.76. The number of nitrogens with one attached hydrogen (secondary N) is 2. The quantitative estimate of drug-likeness (QED) is 0.387. The molecular formula is C23H18FN5O2S. The zero-order valence-electron chi connectivity index (χ0n) is 16.7. The molecule has 4 aromatic rings. The first kappa shape index (κ1) is 21.1. The summed E-state index contributed by atoms with van der Waals surface area (Å²) in [6.45, 7) is 0. The number of carbonyl (C=O) groups excluding carboxylic acids is 1. The van der Waals surface area contributed by atoms with E-state index in [0.717, 1.165) is 11.1 Å². The van der Waals surface area contributed by atoms with Crippen LogP contribution in [0.4, 0.5) is 15.8 Å². The van der Waals surface area contributed by atoms with Crippen molar-refractivity contribution in [3.05, 3.63) is 96.8 Å². The van der Waals surface area contributed by atoms with Crippen LogP contribution in [-0.2, 0) is 9.73 Å². The average Bonchev–Trinajstić information content (AvgIpc) is 2.81. The van der Waals surface area contributed by atoms with E-state index in [-0.39, 0.29) is 15.6 Å². The minimum Gasteiger partial charge on any atom is -0.397 e. The van der Waals surface area contributed by atoms with Crippen molar-refractivity contribution < 1.29 is 13.4 Å². The molecule has 32 heavy (non-hydrogen) atoms. The largest absolute Gasteiger partial charge is 0.397 e. The van der Waals surface area contributed by atoms with Gasteiger partial charge in [0.2, 0.25) is 0 Å². The van der Waals surface area contributed by atoms with Gasteiger partial charge in [0.1, 0.15) is 21.9 Å². The normalized spacial score (nSPS) is 12.7. The highest BCUT2D eigenvalue weighted by atomic mass is 32.2. The van der Waals surface area contributed by atoms with Gasteiger partial charge in [-0.05, 0) is 59.7 Å². The molecular weight excluding hydrogens is 429 g/mol. The lowest BCUT2D eigenvalue weighted by molar-refractivity contribution is 0.102. The van der Waals surface area contributed by atoms with Crippen molar-refractivity contribution in [2.75, 3.05) is 11.1 Å². The Hall–Kier alpha value is -4.11. The summed E-state index contributed by atoms with van der Waals surface area (Å²) in [6, 6.07) is 17.1. The number of nitrogen functional groups attached to an aromatic ring is 1. The molecule has 0 aliphatic rings. The fourth-order valence-electron chi connectivity index (χ4n) is 3.05. The molecule has 7 nitrogen and oxygen atoms in total. The zero-order valence-corrected chi connectivity index (χ0v) is 17.5. The molecule has 1 atom stereocenters. The number of halogens is 1. The Kier molecular flexibility index (Phi) is 5.65. The summed E-state index contributed by atoms with van der Waals surface area (Å²) < 4.78 is 34.3. The number of benzene rings is 3. The van der Waals surface area contributed by atoms with Gasteiger partial charge < -0.3 is 11.1 Å². The van der Waals surface area contributed by atoms with E-state index in [9.17, 15) is 13.4 Å². The van der Waals surface area contributed by atoms with E-state index in [0.29, 0.717) is 16.9 Å². The van der Waals surface area contributed by atoms with Crippen LogP contribution in [0, 0.1) is 10.6 Å². The second-order valence-electron chi connectivity index (χ2n) is 6.92. The maximum Gasteiger partial charge on any atom is 0.255 e. The molecule has 0 bridgehead atoms. The fraction of sp³-hybridized carbons (Fsp3) is 0. The summed E-state index contributed by atoms with van der Waals surface area (Å²) >= 11 is 0. The molecule has 0 spiro atoms. The summed E-state index contributed by atoms with van der Waals surface area (Å²) in [5.41, 5.74) is 8.65. The number of aromatic nitrogens is 2. The van der Waals surface area contributed by atoms with E-state index >= 15 is 0 Å². The molecule has 0 radical (unpaired) electrons. The maximum atomic E-state index is 13.2. The van der Waals surface area contributed by atoms with Crippen molar-refractivity contribution in [2.45, 2.75) is 9.79 Å². The van der Waals surface area contributed by atoms with Crippen LogP contribution in [0.3, 0.4) is 0 Å². The SMILES string of the molecule is N=S(=O)(c1ccc(C(=O)Nc2cc(-c3ccc(F)cc3)ccc2N)cc1)c1cncnc1. The van der Waals surface area contributed by atoms with Crippen LogP contribution in [0.5, 0.6) is 0 Å². The number of hydrogen-bond donors (Lipinski definition) is 3. The molecule has 0 fully saturated rings. The third-order valence-corrected chi connectivity index (χ3v) is 6.61. The third kappa shape index (κ3) is 4.33. The Balaban J connectivity index is 1.56. The summed E-state index contributed by atoms with van der Waals surface area (Å²) in [4.78, 5) is 20.8. The van der Waals surface area contributed by atoms with Gasteiger partial charge in [-0.25, -0.2) is 23.3 Å². The second-order valence-corrected chi connectivity index (χ2v) is 8.97. The lowest BCUT2D eigenvalue weighted by atomic mass is 10.0. The highest BCUT2D eigenvalue weighted by Crippen LogP contribution is 2.28. The summed E-state index contributed by atoms with van der Waals surface area (Å²) in [7, 11) is -3.29. The molecule has 4 N–H and O–H groups in total. The molecule has 1 unspecified atom stereocenters. The van der Waals surface area contributed by atoms with E-state index in [1.54, 1.807) is 30.3 Å². The fourth-order valence-corrected chi connectivity index (χ4v) is 4.26. The average molecular weight is 447 g/mol. The lowest BCUT2D eigenvalue weighted by Gasteiger charge is -2.12. The van der Waals surface area contributed by atoms with Gasteiger partial charge in [0, 0.05) is 18.0 Å². The number of rotatable bonds is 5. The molecule has 9 heteroatoms. The predicted molar refractivity (Wildman–Crippen MR) is 120 cm³/mol. The lowest BCUT2D eigenvalue weighted by Crippen LogP contribution is -2.13. The standard InChI is InChI=1S/C23H18FN5O2S/c24-18-6-1-15(2-7-18)17-5-10-21(25)22(11-17)29-23(30)16-3-8-19(9-4-16)32(26,31)20-12-27-14-28-13-20/h1-14,26H,25H2,(H,29,30). The monoisotopic (exact) mass is 447 g/mol. The molecule has 1 aromatic heterocycles. The van der Waals surface area contributed by atoms with Crippen molar-refractivity contribution in [2.24, 2.45) is 0 Å². The molecule has 0 saturated carbocycles. The van der Waals surface area contributed by atoms with E-state index in [2.05, 4.69) is 15.3 Å². The van der Waals surface area contributed by atoms with Gasteiger partial charge in [-0.2, -0.15) is 0 Å². The molecule has 0 aliphatic heterocycles. The number of carbonyl (C=O) groups is 1. The van der Waals surface area contributed by atoms with Crippen LogP contribution in [0.25, 0.3) is 11.1 Å². The molecule has 4 rings (SSSR count). The van der Waals surface area contributed by atoms with Gasteiger partial charge in [-0.15, -0.1) is 0 Å². The van der Waals surface area contributed by atoms with Crippen molar-refractivity contribution >= 4 is 27.0 Å². The maximum absolute atomic E-state index is 13.2. The van der Waals surface area contributed by atoms with Crippen molar-refractivity contribution in [1.29, 1.82) is 4.78 Å². The minimum atomic E-state index is -3.29. The van der Waals surface area contributed by atoms with Gasteiger partial charge in [-0.3, -0.25) is 4.79 Å². The van der Waals surface area contributed by atoms with Crippen LogP contribution >= 0.6 is 0 Å². The predicted octanol–water partition coefficient (Wildman–Crippen LogP) is 4.58. The molecule has 0 saturated heterocycles. The highest BCUT2D eigenvalue weighted by Gasteiger charge is 2.16. The molecule has 0 aliphatic carbocycles. The van der Waals surface area contributed by atoms with Gasteiger partial charge in [0.15, 0.2) is 0 Å². The topological polar surface area (TPSA) is 122 Å². The number of anilines is 2. The molecule has 1 heterocycles. The number of amides is 1. The Bertz CT molecular complexity index is 1370. The van der Waals surface area contributed by atoms with Crippen LogP contribution in [0.1, 0.15) is 10.4 Å². The smallest absolute Gasteiger partial charge is 0.255 e. The van der Waals surface area contributed by atoms with Crippen LogP contribution in [0.2, 0.25) is 0 Å². The third-order valence-electron chi connectivity index (χ3n) is 4.80. The first-order valence-electron chi connectivity index (χ1n) is 9.45. The Morgan fingerprint density at radius 1 is 0.906 bits per heavy atom. The van der Waals surface area contributed by atoms with Gasteiger partial charge in [-0.1, -0.05) is 18.2 Å². The molecule has 160 valence electrons. The van der Waals surface area contributed by atoms with E-state index in [1.165, 1.54) is 55.1 Å². The van der Waals surface area contributed by atoms with E-state index in [1.807, 2.05) is 0 Å². The molecule has 3 aromatic carbocycles. The number of nitrogens with zero attached hydrogens (tertiary/aromatic N) is 2. The molecule has 1 amide bonds. The van der Waals surface area contributed by atoms with Crippen LogP contribution < -0.4 is 11.1 Å². The van der Waals surface area contributed by atoms with E-state index in [4.69, 9.17) is 10.5 Å². The van der Waals surface area contributed by atoms with Crippen LogP contribution in [-0.4, -0.2) is 20.1 Å². The number of nitrogens with two attached hydrogens (primary N) is 1. The van der Waals surface area contributed by atoms with Gasteiger partial charge >= 0.3 is 0 Å². The first-order chi connectivity index (χ1) is 15.3. The van der Waals surface area contributed by atoms with Gasteiger partial charge in [0.25, 0.3) is 5.91 Å². The van der Waals surface area contributed by atoms with E-state index < -0.39 is 15.6 Å². The summed E-state index contributed by atoms with van der Waals surface area (Å²) in [6.07, 6.45) is 3.96. The Labute approximate surface area is 184 Å². The van der Waals surface area contributed by atoms with Crippen molar-refractivity contribution in [3.63, 3.8) is 0 Å². The first-order valence-corrected chi connectivity index (χ1v) is 11.0. The summed E-state index contributed by atoms with van der Waals surface area (Å²) in [5.74, 6) is -0.753. The Morgan fingerprint density at radius 2 is 1.53 bits per heavy atom. The zero-order chi connectivity index (χ0) is 22.7. The highest BCUT2D eigenvalue weighted by molar-refractivity contribution is 7.92. The Morgan fingerprint density at radius 3 is 2.19 bits per heavy atom. The minimum absolute atomic E-state index is 0.183. The van der Waals surface area contributed by atoms with Crippen molar-refractivity contribution in [1.82, 2.24) is 9.97 Å². The number of hydrogen-bond acceptors (Lipinski definition) is 6. The second kappa shape index (κ2) is 8.56. The van der Waals surface area contributed by atoms with Crippen molar-refractivity contribution in [3.8, 4) is 11.1 Å².